The smallest absolute Gasteiger partial charge is 0.346 e. The first kappa shape index (κ1) is 20.8. The van der Waals surface area contributed by atoms with E-state index >= 15 is 0 Å². The van der Waals surface area contributed by atoms with Crippen LogP contribution in [0.25, 0.3) is 0 Å². The third kappa shape index (κ3) is 5.17. The summed E-state index contributed by atoms with van der Waals surface area (Å²) in [6.07, 6.45) is 3.98. The van der Waals surface area contributed by atoms with Gasteiger partial charge in [-0.25, -0.2) is 9.48 Å². The third-order valence-corrected chi connectivity index (χ3v) is 6.09. The highest BCUT2D eigenvalue weighted by molar-refractivity contribution is 5.75. The van der Waals surface area contributed by atoms with E-state index in [9.17, 15) is 9.59 Å². The van der Waals surface area contributed by atoms with Crippen LogP contribution in [0, 0.1) is 0 Å². The van der Waals surface area contributed by atoms with Crippen LogP contribution in [0.5, 0.6) is 0 Å². The highest BCUT2D eigenvalue weighted by Crippen LogP contribution is 2.11. The Balaban J connectivity index is 1.26. The number of piperazine rings is 1. The summed E-state index contributed by atoms with van der Waals surface area (Å²) in [7, 11) is 2.17. The second-order valence-corrected chi connectivity index (χ2v) is 8.49. The van der Waals surface area contributed by atoms with Crippen molar-refractivity contribution in [3.63, 3.8) is 0 Å². The molecule has 0 bridgehead atoms. The van der Waals surface area contributed by atoms with Gasteiger partial charge in [0.05, 0.1) is 0 Å². The van der Waals surface area contributed by atoms with Crippen LogP contribution in [0.15, 0.2) is 29.1 Å². The molecule has 0 atom stereocenters. The molecule has 0 saturated carbocycles. The minimum atomic E-state index is -0.188. The van der Waals surface area contributed by atoms with Crippen LogP contribution in [-0.4, -0.2) is 63.3 Å². The number of amides is 1. The summed E-state index contributed by atoms with van der Waals surface area (Å²) in [4.78, 5) is 29.6. The van der Waals surface area contributed by atoms with Crippen molar-refractivity contribution in [2.24, 2.45) is 0 Å². The van der Waals surface area contributed by atoms with Crippen molar-refractivity contribution in [3.8, 4) is 0 Å². The van der Waals surface area contributed by atoms with Gasteiger partial charge in [0, 0.05) is 52.2 Å². The normalized spacial score (nSPS) is 18.0. The molecule has 2 aliphatic rings. The molecule has 30 heavy (non-hydrogen) atoms. The van der Waals surface area contributed by atoms with Gasteiger partial charge in [-0.1, -0.05) is 30.7 Å². The third-order valence-electron chi connectivity index (χ3n) is 6.09. The maximum atomic E-state index is 12.5. The number of benzene rings is 1. The Kier molecular flexibility index (Phi) is 6.64. The van der Waals surface area contributed by atoms with E-state index in [1.54, 1.807) is 4.57 Å². The van der Waals surface area contributed by atoms with Gasteiger partial charge in [0.1, 0.15) is 12.4 Å². The molecule has 0 aliphatic carbocycles. The van der Waals surface area contributed by atoms with Gasteiger partial charge in [0.25, 0.3) is 0 Å². The molecule has 1 aromatic heterocycles. The second-order valence-electron chi connectivity index (χ2n) is 8.49. The monoisotopic (exact) mass is 412 g/mol. The molecule has 162 valence electrons. The molecule has 0 spiro atoms. The fraction of sp³-hybridized carbons (Fsp3) is 0.591. The number of fused-ring (bicyclic) bond motifs is 1. The minimum absolute atomic E-state index is 0.0275. The summed E-state index contributed by atoms with van der Waals surface area (Å²) in [5.74, 6) is 0.619. The average molecular weight is 413 g/mol. The summed E-state index contributed by atoms with van der Waals surface area (Å²) < 4.78 is 3.02. The van der Waals surface area contributed by atoms with Gasteiger partial charge in [-0.3, -0.25) is 14.3 Å². The van der Waals surface area contributed by atoms with Gasteiger partial charge in [-0.05, 0) is 31.0 Å². The van der Waals surface area contributed by atoms with Crippen molar-refractivity contribution in [1.29, 1.82) is 0 Å². The summed E-state index contributed by atoms with van der Waals surface area (Å²) in [6, 6.07) is 8.40. The topological polar surface area (TPSA) is 75.4 Å². The molecule has 4 rings (SSSR count). The molecule has 2 aliphatic heterocycles. The van der Waals surface area contributed by atoms with Crippen LogP contribution in [0.4, 0.5) is 0 Å². The van der Waals surface area contributed by atoms with Crippen molar-refractivity contribution < 1.29 is 4.79 Å². The first-order chi connectivity index (χ1) is 14.6. The SMILES string of the molecule is CN1CCN(Cc2ccc(CNC(=O)Cn3nc4n(c3=O)CCCCC4)cc2)CC1. The van der Waals surface area contributed by atoms with E-state index < -0.39 is 0 Å². The largest absolute Gasteiger partial charge is 0.350 e. The average Bonchev–Trinajstić information content (AvgIpc) is 2.91. The summed E-state index contributed by atoms with van der Waals surface area (Å²) in [6.45, 7) is 6.54. The zero-order chi connectivity index (χ0) is 20.9. The lowest BCUT2D eigenvalue weighted by Crippen LogP contribution is -2.43. The number of aromatic nitrogens is 3. The van der Waals surface area contributed by atoms with Crippen LogP contribution < -0.4 is 11.0 Å². The molecular formula is C22H32N6O2. The Morgan fingerprint density at radius 1 is 1.00 bits per heavy atom. The number of likely N-dealkylation sites (N-methyl/N-ethyl adjacent to an activating group) is 1. The van der Waals surface area contributed by atoms with Gasteiger partial charge in [0.2, 0.25) is 5.91 Å². The number of nitrogens with zero attached hydrogens (tertiary/aromatic N) is 5. The number of nitrogens with one attached hydrogen (secondary N) is 1. The van der Waals surface area contributed by atoms with Crippen LogP contribution in [0.2, 0.25) is 0 Å². The number of rotatable bonds is 6. The lowest BCUT2D eigenvalue weighted by molar-refractivity contribution is -0.122. The Hall–Kier alpha value is -2.45. The van der Waals surface area contributed by atoms with Gasteiger partial charge in [-0.2, -0.15) is 5.10 Å². The summed E-state index contributed by atoms with van der Waals surface area (Å²) in [5, 5.41) is 7.28. The Morgan fingerprint density at radius 3 is 2.50 bits per heavy atom. The lowest BCUT2D eigenvalue weighted by Gasteiger charge is -2.32. The standard InChI is InChI=1S/C22H32N6O2/c1-25-11-13-26(14-12-25)16-19-8-6-18(7-9-19)15-23-21(29)17-28-22(30)27-10-4-2-3-5-20(27)24-28/h6-9H,2-5,10-17H2,1H3,(H,23,29). The molecule has 1 saturated heterocycles. The van der Waals surface area contributed by atoms with Gasteiger partial charge < -0.3 is 10.2 Å². The quantitative estimate of drug-likeness (QED) is 0.761. The second kappa shape index (κ2) is 9.57. The van der Waals surface area contributed by atoms with Crippen molar-refractivity contribution in [2.75, 3.05) is 33.2 Å². The molecular weight excluding hydrogens is 380 g/mol. The fourth-order valence-corrected chi connectivity index (χ4v) is 4.15. The number of hydrogen-bond donors (Lipinski definition) is 1. The molecule has 1 fully saturated rings. The van der Waals surface area contributed by atoms with Crippen molar-refractivity contribution in [3.05, 3.63) is 51.7 Å². The van der Waals surface area contributed by atoms with Crippen LogP contribution >= 0.6 is 0 Å². The highest BCUT2D eigenvalue weighted by atomic mass is 16.2. The molecule has 0 radical (unpaired) electrons. The first-order valence-electron chi connectivity index (χ1n) is 11.0. The van der Waals surface area contributed by atoms with E-state index in [0.29, 0.717) is 13.1 Å². The van der Waals surface area contributed by atoms with E-state index in [4.69, 9.17) is 0 Å². The number of aryl methyl sites for hydroxylation is 1. The molecule has 8 nitrogen and oxygen atoms in total. The Bertz CT molecular complexity index is 909. The zero-order valence-electron chi connectivity index (χ0n) is 17.8. The number of carbonyl (C=O) groups is 1. The number of carbonyl (C=O) groups excluding carboxylic acids is 1. The molecule has 8 heteroatoms. The molecule has 2 aromatic rings. The van der Waals surface area contributed by atoms with E-state index in [1.807, 2.05) is 0 Å². The van der Waals surface area contributed by atoms with Crippen LogP contribution in [0.1, 0.15) is 36.2 Å². The van der Waals surface area contributed by atoms with Gasteiger partial charge in [0.15, 0.2) is 0 Å². The molecule has 1 aromatic carbocycles. The Labute approximate surface area is 177 Å². The van der Waals surface area contributed by atoms with E-state index in [1.165, 1.54) is 10.2 Å². The molecule has 1 amide bonds. The van der Waals surface area contributed by atoms with E-state index in [2.05, 4.69) is 51.5 Å². The summed E-state index contributed by atoms with van der Waals surface area (Å²) >= 11 is 0. The van der Waals surface area contributed by atoms with Crippen molar-refractivity contribution in [2.45, 2.75) is 51.9 Å². The predicted molar refractivity (Wildman–Crippen MR) is 115 cm³/mol. The molecule has 0 unspecified atom stereocenters. The Morgan fingerprint density at radius 2 is 1.73 bits per heavy atom. The zero-order valence-corrected chi connectivity index (χ0v) is 17.8. The lowest BCUT2D eigenvalue weighted by atomic mass is 10.1. The first-order valence-corrected chi connectivity index (χ1v) is 11.0. The van der Waals surface area contributed by atoms with Crippen molar-refractivity contribution in [1.82, 2.24) is 29.5 Å². The van der Waals surface area contributed by atoms with Crippen LogP contribution in [-0.2, 0) is 37.4 Å². The molecule has 3 heterocycles. The van der Waals surface area contributed by atoms with Crippen LogP contribution in [0.3, 0.4) is 0 Å². The van der Waals surface area contributed by atoms with Crippen molar-refractivity contribution >= 4 is 5.91 Å². The minimum Gasteiger partial charge on any atom is -0.350 e. The summed E-state index contributed by atoms with van der Waals surface area (Å²) in [5.41, 5.74) is 2.18. The van der Waals surface area contributed by atoms with E-state index in [-0.39, 0.29) is 18.1 Å². The van der Waals surface area contributed by atoms with E-state index in [0.717, 1.165) is 69.8 Å². The fourth-order valence-electron chi connectivity index (χ4n) is 4.15. The molecule has 1 N–H and O–H groups in total. The maximum absolute atomic E-state index is 12.5. The highest BCUT2D eigenvalue weighted by Gasteiger charge is 2.17. The van der Waals surface area contributed by atoms with Gasteiger partial charge >= 0.3 is 5.69 Å². The predicted octanol–water partition coefficient (Wildman–Crippen LogP) is 0.835. The maximum Gasteiger partial charge on any atom is 0.346 e. The van der Waals surface area contributed by atoms with Gasteiger partial charge in [-0.15, -0.1) is 0 Å². The number of hydrogen-bond acceptors (Lipinski definition) is 5.